The highest BCUT2D eigenvalue weighted by Crippen LogP contribution is 2.37. The van der Waals surface area contributed by atoms with Gasteiger partial charge in [0.25, 0.3) is 0 Å². The first kappa shape index (κ1) is 14.9. The number of tetrazole rings is 1. The summed E-state index contributed by atoms with van der Waals surface area (Å²) >= 11 is 0. The van der Waals surface area contributed by atoms with Crippen molar-refractivity contribution in [1.29, 1.82) is 0 Å². The highest BCUT2D eigenvalue weighted by atomic mass is 16.3. The van der Waals surface area contributed by atoms with Crippen molar-refractivity contribution in [1.82, 2.24) is 30.4 Å². The van der Waals surface area contributed by atoms with Gasteiger partial charge in [0.05, 0.1) is 18.1 Å². The number of likely N-dealkylation sites (tertiary alicyclic amines) is 1. The number of piperidine rings is 2. The molecule has 0 saturated carbocycles. The molecule has 0 aromatic carbocycles. The summed E-state index contributed by atoms with van der Waals surface area (Å²) in [4.78, 5) is 26.3. The minimum atomic E-state index is -0.846. The minimum Gasteiger partial charge on any atom is -0.392 e. The lowest BCUT2D eigenvalue weighted by Gasteiger charge is -2.46. The molecule has 1 aromatic rings. The number of rotatable bonds is 3. The van der Waals surface area contributed by atoms with E-state index in [1.807, 2.05) is 0 Å². The van der Waals surface area contributed by atoms with Crippen molar-refractivity contribution in [3.05, 3.63) is 6.33 Å². The van der Waals surface area contributed by atoms with Gasteiger partial charge in [0.2, 0.25) is 11.8 Å². The number of carbonyl (C=O) groups excluding carboxylic acids is 2. The highest BCUT2D eigenvalue weighted by molar-refractivity contribution is 5.86. The third-order valence-corrected chi connectivity index (χ3v) is 4.62. The number of hydrogen-bond donors (Lipinski definition) is 2. The Kier molecular flexibility index (Phi) is 4.06. The first-order valence-corrected chi connectivity index (χ1v) is 7.57. The number of nitrogens with one attached hydrogen (secondary N) is 1. The topological polar surface area (TPSA) is 113 Å². The molecule has 0 aliphatic carbocycles. The number of aryl methyl sites for hydroxylation is 1. The molecule has 2 amide bonds. The van der Waals surface area contributed by atoms with Crippen LogP contribution in [0.5, 0.6) is 0 Å². The molecule has 3 heterocycles. The number of carbonyl (C=O) groups is 2. The molecule has 2 saturated heterocycles. The summed E-state index contributed by atoms with van der Waals surface area (Å²) in [5, 5.41) is 23.9. The van der Waals surface area contributed by atoms with Gasteiger partial charge in [-0.25, -0.2) is 4.68 Å². The van der Waals surface area contributed by atoms with Crippen LogP contribution in [-0.4, -0.2) is 67.8 Å². The quantitative estimate of drug-likeness (QED) is 0.706. The number of nitrogens with zero attached hydrogens (tertiary/aromatic N) is 5. The standard InChI is InChI=1S/C13H20N6O3/c20-10-2-6-18(8-13(10)4-1-5-14-12(13)22)11(21)3-7-19-9-15-16-17-19/h9-10,20H,1-8H2,(H,14,22)/t10-,13+/m0/s1. The van der Waals surface area contributed by atoms with Crippen molar-refractivity contribution in [3.63, 3.8) is 0 Å². The fourth-order valence-corrected chi connectivity index (χ4v) is 3.31. The number of aliphatic hydroxyl groups is 1. The number of aromatic nitrogens is 4. The average molecular weight is 308 g/mol. The van der Waals surface area contributed by atoms with Crippen LogP contribution in [0.1, 0.15) is 25.7 Å². The molecule has 22 heavy (non-hydrogen) atoms. The summed E-state index contributed by atoms with van der Waals surface area (Å²) in [5.74, 6) is -0.177. The minimum absolute atomic E-state index is 0.0415. The lowest BCUT2D eigenvalue weighted by atomic mass is 9.71. The molecule has 120 valence electrons. The summed E-state index contributed by atoms with van der Waals surface area (Å²) in [5.41, 5.74) is -0.846. The molecule has 2 aliphatic heterocycles. The van der Waals surface area contributed by atoms with Crippen LogP contribution in [0.2, 0.25) is 0 Å². The van der Waals surface area contributed by atoms with E-state index in [2.05, 4.69) is 20.8 Å². The molecule has 2 N–H and O–H groups in total. The second-order valence-electron chi connectivity index (χ2n) is 5.96. The van der Waals surface area contributed by atoms with Gasteiger partial charge in [-0.15, -0.1) is 5.10 Å². The van der Waals surface area contributed by atoms with Crippen molar-refractivity contribution < 1.29 is 14.7 Å². The SMILES string of the molecule is O=C(CCn1cnnn1)N1CC[C@H](O)[C@@]2(CCCNC2=O)C1. The van der Waals surface area contributed by atoms with Crippen LogP contribution >= 0.6 is 0 Å². The summed E-state index contributed by atoms with van der Waals surface area (Å²) in [6.45, 7) is 1.81. The maximum absolute atomic E-state index is 12.4. The van der Waals surface area contributed by atoms with Gasteiger partial charge in [0.15, 0.2) is 0 Å². The molecule has 0 unspecified atom stereocenters. The van der Waals surface area contributed by atoms with Gasteiger partial charge >= 0.3 is 0 Å². The predicted octanol–water partition coefficient (Wildman–Crippen LogP) is -1.45. The number of amides is 2. The Hall–Kier alpha value is -2.03. The van der Waals surface area contributed by atoms with Crippen molar-refractivity contribution in [2.45, 2.75) is 38.3 Å². The first-order chi connectivity index (χ1) is 10.6. The average Bonchev–Trinajstić information content (AvgIpc) is 3.04. The fraction of sp³-hybridized carbons (Fsp3) is 0.769. The molecule has 9 nitrogen and oxygen atoms in total. The molecule has 1 spiro atoms. The molecule has 1 aromatic heterocycles. The zero-order chi connectivity index (χ0) is 15.6. The Morgan fingerprint density at radius 1 is 1.55 bits per heavy atom. The van der Waals surface area contributed by atoms with Gasteiger partial charge in [0.1, 0.15) is 6.33 Å². The van der Waals surface area contributed by atoms with Crippen LogP contribution < -0.4 is 5.32 Å². The van der Waals surface area contributed by atoms with Gasteiger partial charge in [-0.3, -0.25) is 9.59 Å². The van der Waals surface area contributed by atoms with Gasteiger partial charge in [-0.05, 0) is 29.7 Å². The van der Waals surface area contributed by atoms with E-state index in [0.717, 1.165) is 6.42 Å². The summed E-state index contributed by atoms with van der Waals surface area (Å²) < 4.78 is 1.50. The maximum Gasteiger partial charge on any atom is 0.230 e. The lowest BCUT2D eigenvalue weighted by Crippen LogP contribution is -2.62. The Morgan fingerprint density at radius 2 is 2.41 bits per heavy atom. The third kappa shape index (κ3) is 2.68. The molecule has 3 rings (SSSR count). The van der Waals surface area contributed by atoms with Crippen LogP contribution in [0.3, 0.4) is 0 Å². The summed E-state index contributed by atoms with van der Waals surface area (Å²) in [6, 6.07) is 0. The monoisotopic (exact) mass is 308 g/mol. The Balaban J connectivity index is 1.64. The van der Waals surface area contributed by atoms with Crippen molar-refractivity contribution in [2.24, 2.45) is 5.41 Å². The molecule has 2 aliphatic rings. The van der Waals surface area contributed by atoms with Crippen LogP contribution in [0.4, 0.5) is 0 Å². The maximum atomic E-state index is 12.4. The van der Waals surface area contributed by atoms with Crippen LogP contribution in [0.25, 0.3) is 0 Å². The van der Waals surface area contributed by atoms with Gasteiger partial charge in [0, 0.05) is 26.1 Å². The molecular formula is C13H20N6O3. The lowest BCUT2D eigenvalue weighted by molar-refractivity contribution is -0.154. The van der Waals surface area contributed by atoms with E-state index in [-0.39, 0.29) is 24.8 Å². The van der Waals surface area contributed by atoms with Crippen LogP contribution in [-0.2, 0) is 16.1 Å². The molecule has 0 bridgehead atoms. The zero-order valence-electron chi connectivity index (χ0n) is 12.3. The largest absolute Gasteiger partial charge is 0.392 e. The van der Waals surface area contributed by atoms with E-state index in [9.17, 15) is 14.7 Å². The number of hydrogen-bond acceptors (Lipinski definition) is 6. The van der Waals surface area contributed by atoms with E-state index in [4.69, 9.17) is 0 Å². The van der Waals surface area contributed by atoms with E-state index in [1.54, 1.807) is 4.90 Å². The summed E-state index contributed by atoms with van der Waals surface area (Å²) in [7, 11) is 0. The van der Waals surface area contributed by atoms with E-state index in [0.29, 0.717) is 32.5 Å². The van der Waals surface area contributed by atoms with Crippen LogP contribution in [0, 0.1) is 5.41 Å². The number of aliphatic hydroxyl groups excluding tert-OH is 1. The van der Waals surface area contributed by atoms with Crippen LogP contribution in [0.15, 0.2) is 6.33 Å². The van der Waals surface area contributed by atoms with Gasteiger partial charge in [-0.1, -0.05) is 0 Å². The fourth-order valence-electron chi connectivity index (χ4n) is 3.31. The molecule has 2 fully saturated rings. The van der Waals surface area contributed by atoms with E-state index in [1.165, 1.54) is 11.0 Å². The Labute approximate surface area is 127 Å². The highest BCUT2D eigenvalue weighted by Gasteiger charge is 2.50. The van der Waals surface area contributed by atoms with Gasteiger partial charge in [-0.2, -0.15) is 0 Å². The second-order valence-corrected chi connectivity index (χ2v) is 5.96. The van der Waals surface area contributed by atoms with Crippen molar-refractivity contribution >= 4 is 11.8 Å². The molecule has 0 radical (unpaired) electrons. The first-order valence-electron chi connectivity index (χ1n) is 7.57. The van der Waals surface area contributed by atoms with E-state index >= 15 is 0 Å². The van der Waals surface area contributed by atoms with E-state index < -0.39 is 11.5 Å². The van der Waals surface area contributed by atoms with Crippen molar-refractivity contribution in [2.75, 3.05) is 19.6 Å². The zero-order valence-corrected chi connectivity index (χ0v) is 12.3. The van der Waals surface area contributed by atoms with Crippen molar-refractivity contribution in [3.8, 4) is 0 Å². The Bertz CT molecular complexity index is 548. The third-order valence-electron chi connectivity index (χ3n) is 4.62. The normalized spacial score (nSPS) is 28.7. The smallest absolute Gasteiger partial charge is 0.230 e. The summed E-state index contributed by atoms with van der Waals surface area (Å²) in [6.07, 6.45) is 2.94. The Morgan fingerprint density at radius 3 is 3.14 bits per heavy atom. The molecule has 9 heteroatoms. The van der Waals surface area contributed by atoms with Gasteiger partial charge < -0.3 is 15.3 Å². The predicted molar refractivity (Wildman–Crippen MR) is 74.3 cm³/mol. The molecule has 2 atom stereocenters. The molecular weight excluding hydrogens is 288 g/mol. The second kappa shape index (κ2) is 5.99.